The zero-order valence-corrected chi connectivity index (χ0v) is 12.0. The van der Waals surface area contributed by atoms with Gasteiger partial charge >= 0.3 is 0 Å². The number of pyridine rings is 1. The van der Waals surface area contributed by atoms with Gasteiger partial charge in [-0.2, -0.15) is 11.8 Å². The summed E-state index contributed by atoms with van der Waals surface area (Å²) < 4.78 is 0. The number of nitrogens with zero attached hydrogens (tertiary/aromatic N) is 1. The van der Waals surface area contributed by atoms with Gasteiger partial charge in [0.2, 0.25) is 0 Å². The van der Waals surface area contributed by atoms with E-state index >= 15 is 0 Å². The number of amides is 1. The van der Waals surface area contributed by atoms with Crippen molar-refractivity contribution in [3.63, 3.8) is 0 Å². The van der Waals surface area contributed by atoms with Gasteiger partial charge in [0.15, 0.2) is 0 Å². The van der Waals surface area contributed by atoms with Crippen LogP contribution in [0.4, 0.5) is 0 Å². The fraction of sp³-hybridized carbons (Fsp3) is 0.429. The molecule has 1 amide bonds. The zero-order valence-electron chi connectivity index (χ0n) is 11.1. The molecule has 0 aromatic carbocycles. The molecule has 1 aromatic heterocycles. The van der Waals surface area contributed by atoms with Gasteiger partial charge < -0.3 is 10.4 Å². The lowest BCUT2D eigenvalue weighted by atomic mass is 10.2. The summed E-state index contributed by atoms with van der Waals surface area (Å²) in [4.78, 5) is 16.0. The van der Waals surface area contributed by atoms with Gasteiger partial charge in [-0.25, -0.2) is 4.98 Å². The van der Waals surface area contributed by atoms with E-state index in [1.54, 1.807) is 23.9 Å². The minimum Gasteiger partial charge on any atom is -0.384 e. The van der Waals surface area contributed by atoms with Crippen LogP contribution in [0.15, 0.2) is 18.3 Å². The lowest BCUT2D eigenvalue weighted by Crippen LogP contribution is -2.33. The Balaban J connectivity index is 2.57. The molecule has 1 aromatic rings. The molecule has 0 saturated heterocycles. The van der Waals surface area contributed by atoms with Crippen molar-refractivity contribution in [3.8, 4) is 11.8 Å². The van der Waals surface area contributed by atoms with Crippen LogP contribution in [-0.2, 0) is 0 Å². The van der Waals surface area contributed by atoms with E-state index in [-0.39, 0.29) is 18.6 Å². The summed E-state index contributed by atoms with van der Waals surface area (Å²) in [7, 11) is 0. The summed E-state index contributed by atoms with van der Waals surface area (Å²) >= 11 is 1.76. The largest absolute Gasteiger partial charge is 0.384 e. The number of aromatic nitrogens is 1. The SMILES string of the molecule is CSCCC(C)NC(=O)c1ccc(C#CCO)cn1. The summed E-state index contributed by atoms with van der Waals surface area (Å²) in [6.45, 7) is 1.80. The lowest BCUT2D eigenvalue weighted by Gasteiger charge is -2.12. The molecule has 0 saturated carbocycles. The maximum atomic E-state index is 11.9. The van der Waals surface area contributed by atoms with Crippen molar-refractivity contribution < 1.29 is 9.90 Å². The van der Waals surface area contributed by atoms with Crippen LogP contribution in [0.5, 0.6) is 0 Å². The molecular formula is C14H18N2O2S. The Kier molecular flexibility index (Phi) is 7.01. The Bertz CT molecular complexity index is 463. The highest BCUT2D eigenvalue weighted by molar-refractivity contribution is 7.98. The number of aliphatic hydroxyl groups excluding tert-OH is 1. The molecule has 102 valence electrons. The van der Waals surface area contributed by atoms with Crippen LogP contribution in [0, 0.1) is 11.8 Å². The van der Waals surface area contributed by atoms with Crippen molar-refractivity contribution in [2.24, 2.45) is 0 Å². The summed E-state index contributed by atoms with van der Waals surface area (Å²) in [5, 5.41) is 11.5. The second-order valence-corrected chi connectivity index (χ2v) is 5.03. The fourth-order valence-electron chi connectivity index (χ4n) is 1.41. The molecule has 5 heteroatoms. The third kappa shape index (κ3) is 5.77. The van der Waals surface area contributed by atoms with Gasteiger partial charge in [-0.15, -0.1) is 0 Å². The van der Waals surface area contributed by atoms with Gasteiger partial charge in [0.25, 0.3) is 5.91 Å². The van der Waals surface area contributed by atoms with Crippen LogP contribution in [0.3, 0.4) is 0 Å². The topological polar surface area (TPSA) is 62.2 Å². The maximum absolute atomic E-state index is 11.9. The van der Waals surface area contributed by atoms with Crippen LogP contribution < -0.4 is 5.32 Å². The van der Waals surface area contributed by atoms with E-state index < -0.39 is 0 Å². The monoisotopic (exact) mass is 278 g/mol. The molecule has 0 radical (unpaired) electrons. The first-order valence-electron chi connectivity index (χ1n) is 6.03. The van der Waals surface area contributed by atoms with Crippen molar-refractivity contribution in [3.05, 3.63) is 29.6 Å². The lowest BCUT2D eigenvalue weighted by molar-refractivity contribution is 0.0934. The molecule has 19 heavy (non-hydrogen) atoms. The van der Waals surface area contributed by atoms with E-state index in [0.29, 0.717) is 11.3 Å². The minimum absolute atomic E-state index is 0.135. The van der Waals surface area contributed by atoms with Crippen LogP contribution in [0.2, 0.25) is 0 Å². The van der Waals surface area contributed by atoms with E-state index in [1.165, 1.54) is 6.20 Å². The number of aliphatic hydroxyl groups is 1. The number of carbonyl (C=O) groups excluding carboxylic acids is 1. The van der Waals surface area contributed by atoms with Crippen molar-refractivity contribution in [1.29, 1.82) is 0 Å². The highest BCUT2D eigenvalue weighted by atomic mass is 32.2. The number of hydrogen-bond acceptors (Lipinski definition) is 4. The zero-order chi connectivity index (χ0) is 14.1. The molecule has 1 atom stereocenters. The van der Waals surface area contributed by atoms with E-state index in [4.69, 9.17) is 5.11 Å². The fourth-order valence-corrected chi connectivity index (χ4v) is 2.00. The first-order chi connectivity index (χ1) is 9.17. The summed E-state index contributed by atoms with van der Waals surface area (Å²) in [5.41, 5.74) is 1.06. The molecular weight excluding hydrogens is 260 g/mol. The normalized spacial score (nSPS) is 11.3. The quantitative estimate of drug-likeness (QED) is 0.797. The third-order valence-electron chi connectivity index (χ3n) is 2.44. The second-order valence-electron chi connectivity index (χ2n) is 4.05. The Hall–Kier alpha value is -1.51. The van der Waals surface area contributed by atoms with Crippen molar-refractivity contribution >= 4 is 17.7 Å². The number of thioether (sulfide) groups is 1. The molecule has 0 aliphatic rings. The average Bonchev–Trinajstić information content (AvgIpc) is 2.43. The summed E-state index contributed by atoms with van der Waals surface area (Å²) in [6.07, 6.45) is 4.51. The minimum atomic E-state index is -0.185. The van der Waals surface area contributed by atoms with Crippen molar-refractivity contribution in [2.45, 2.75) is 19.4 Å². The van der Waals surface area contributed by atoms with Gasteiger partial charge in [-0.3, -0.25) is 4.79 Å². The standard InChI is InChI=1S/C14H18N2O2S/c1-11(7-9-19-2)16-14(18)13-6-5-12(10-15-13)4-3-8-17/h5-6,10-11,17H,7-9H2,1-2H3,(H,16,18). The molecule has 1 unspecified atom stereocenters. The van der Waals surface area contributed by atoms with E-state index in [0.717, 1.165) is 12.2 Å². The van der Waals surface area contributed by atoms with E-state index in [2.05, 4.69) is 22.1 Å². The van der Waals surface area contributed by atoms with Crippen LogP contribution in [0.25, 0.3) is 0 Å². The number of rotatable bonds is 5. The average molecular weight is 278 g/mol. The van der Waals surface area contributed by atoms with Gasteiger partial charge in [-0.1, -0.05) is 11.8 Å². The Labute approximate surface area is 118 Å². The van der Waals surface area contributed by atoms with Crippen molar-refractivity contribution in [1.82, 2.24) is 10.3 Å². The molecule has 0 aliphatic carbocycles. The van der Waals surface area contributed by atoms with Gasteiger partial charge in [-0.05, 0) is 37.5 Å². The Morgan fingerprint density at radius 2 is 2.37 bits per heavy atom. The second kappa shape index (κ2) is 8.57. The predicted octanol–water partition coefficient (Wildman–Crippen LogP) is 1.30. The highest BCUT2D eigenvalue weighted by Crippen LogP contribution is 2.03. The van der Waals surface area contributed by atoms with E-state index in [9.17, 15) is 4.79 Å². The molecule has 2 N–H and O–H groups in total. The molecule has 4 nitrogen and oxygen atoms in total. The van der Waals surface area contributed by atoms with Gasteiger partial charge in [0.05, 0.1) is 0 Å². The molecule has 0 fully saturated rings. The Morgan fingerprint density at radius 3 is 2.95 bits per heavy atom. The van der Waals surface area contributed by atoms with Gasteiger partial charge in [0, 0.05) is 17.8 Å². The van der Waals surface area contributed by atoms with E-state index in [1.807, 2.05) is 13.2 Å². The number of carbonyl (C=O) groups is 1. The smallest absolute Gasteiger partial charge is 0.270 e. The van der Waals surface area contributed by atoms with Crippen LogP contribution >= 0.6 is 11.8 Å². The van der Waals surface area contributed by atoms with Crippen LogP contribution in [-0.4, -0.2) is 40.7 Å². The Morgan fingerprint density at radius 1 is 1.58 bits per heavy atom. The first kappa shape index (κ1) is 15.5. The number of nitrogens with one attached hydrogen (secondary N) is 1. The third-order valence-corrected chi connectivity index (χ3v) is 3.08. The molecule has 1 rings (SSSR count). The predicted molar refractivity (Wildman–Crippen MR) is 78.1 cm³/mol. The molecule has 1 heterocycles. The number of hydrogen-bond donors (Lipinski definition) is 2. The molecule has 0 spiro atoms. The summed E-state index contributed by atoms with van der Waals surface area (Å²) in [5.74, 6) is 6.11. The van der Waals surface area contributed by atoms with Crippen LogP contribution in [0.1, 0.15) is 29.4 Å². The highest BCUT2D eigenvalue weighted by Gasteiger charge is 2.10. The maximum Gasteiger partial charge on any atom is 0.270 e. The molecule has 0 bridgehead atoms. The molecule has 0 aliphatic heterocycles. The summed E-state index contributed by atoms with van der Waals surface area (Å²) in [6, 6.07) is 3.49. The van der Waals surface area contributed by atoms with Gasteiger partial charge in [0.1, 0.15) is 12.3 Å². The first-order valence-corrected chi connectivity index (χ1v) is 7.42. The van der Waals surface area contributed by atoms with Crippen molar-refractivity contribution in [2.75, 3.05) is 18.6 Å².